The van der Waals surface area contributed by atoms with Crippen LogP contribution in [0, 0.1) is 0 Å². The molecule has 0 aromatic carbocycles. The third kappa shape index (κ3) is 25.4. The summed E-state index contributed by atoms with van der Waals surface area (Å²) in [5.41, 5.74) is 0. The van der Waals surface area contributed by atoms with Crippen molar-refractivity contribution in [2.24, 2.45) is 0 Å². The first-order valence-electron chi connectivity index (χ1n) is 14.5. The molecule has 4 nitrogen and oxygen atoms in total. The zero-order valence-corrected chi connectivity index (χ0v) is 22.2. The molecule has 0 aliphatic rings. The highest BCUT2D eigenvalue weighted by Crippen LogP contribution is 2.16. The van der Waals surface area contributed by atoms with Crippen molar-refractivity contribution >= 4 is 11.9 Å². The average Bonchev–Trinajstić information content (AvgIpc) is 2.79. The van der Waals surface area contributed by atoms with E-state index in [1.54, 1.807) is 0 Å². The molecule has 1 N–H and O–H groups in total. The van der Waals surface area contributed by atoms with E-state index in [1.807, 2.05) is 0 Å². The van der Waals surface area contributed by atoms with Crippen molar-refractivity contribution in [1.82, 2.24) is 0 Å². The molecule has 0 amide bonds. The van der Waals surface area contributed by atoms with Gasteiger partial charge in [-0.15, -0.1) is 0 Å². The number of carboxylic acid groups (broad SMARTS) is 1. The van der Waals surface area contributed by atoms with Crippen LogP contribution in [0.2, 0.25) is 0 Å². The standard InChI is InChI=1S/C29H56O4/c1-3-5-7-8-9-10-11-12-13-14-15-16-17-18-19-20-21-26-29(32)33-27(23-6-4-2)24-22-25-28(30)31/h27H,3-26H2,1-2H3,(H,30,31). The van der Waals surface area contributed by atoms with E-state index < -0.39 is 5.97 Å². The molecule has 0 spiro atoms. The van der Waals surface area contributed by atoms with Crippen molar-refractivity contribution in [3.63, 3.8) is 0 Å². The van der Waals surface area contributed by atoms with Crippen molar-refractivity contribution in [1.29, 1.82) is 0 Å². The average molecular weight is 469 g/mol. The van der Waals surface area contributed by atoms with Gasteiger partial charge in [0.1, 0.15) is 6.10 Å². The van der Waals surface area contributed by atoms with Crippen molar-refractivity contribution in [2.45, 2.75) is 174 Å². The summed E-state index contributed by atoms with van der Waals surface area (Å²) in [6.45, 7) is 4.40. The predicted molar refractivity (Wildman–Crippen MR) is 140 cm³/mol. The molecule has 0 heterocycles. The molecule has 0 saturated carbocycles. The van der Waals surface area contributed by atoms with Gasteiger partial charge >= 0.3 is 11.9 Å². The highest BCUT2D eigenvalue weighted by molar-refractivity contribution is 5.69. The number of ether oxygens (including phenoxy) is 1. The van der Waals surface area contributed by atoms with Crippen molar-refractivity contribution in [2.75, 3.05) is 0 Å². The topological polar surface area (TPSA) is 63.6 Å². The summed E-state index contributed by atoms with van der Waals surface area (Å²) in [5.74, 6) is -0.883. The van der Waals surface area contributed by atoms with Gasteiger partial charge in [-0.1, -0.05) is 129 Å². The number of esters is 1. The minimum atomic E-state index is -0.779. The second-order valence-electron chi connectivity index (χ2n) is 9.95. The summed E-state index contributed by atoms with van der Waals surface area (Å²) < 4.78 is 5.63. The Morgan fingerprint density at radius 2 is 0.939 bits per heavy atom. The van der Waals surface area contributed by atoms with E-state index in [4.69, 9.17) is 9.84 Å². The number of unbranched alkanes of at least 4 members (excludes halogenated alkanes) is 17. The molecule has 0 aromatic rings. The molecule has 1 atom stereocenters. The fraction of sp³-hybridized carbons (Fsp3) is 0.931. The fourth-order valence-corrected chi connectivity index (χ4v) is 4.41. The Bertz CT molecular complexity index is 435. The number of hydrogen-bond donors (Lipinski definition) is 1. The van der Waals surface area contributed by atoms with Crippen molar-refractivity contribution in [3.8, 4) is 0 Å². The number of rotatable bonds is 26. The SMILES string of the molecule is CCCCCCCCCCCCCCCCCCCC(=O)OC(CCCC)CCCC(=O)O. The maximum absolute atomic E-state index is 12.1. The molecule has 0 aliphatic heterocycles. The fourth-order valence-electron chi connectivity index (χ4n) is 4.41. The van der Waals surface area contributed by atoms with Gasteiger partial charge in [-0.05, 0) is 25.7 Å². The smallest absolute Gasteiger partial charge is 0.306 e. The molecule has 0 bridgehead atoms. The number of carboxylic acids is 1. The first kappa shape index (κ1) is 31.9. The van der Waals surface area contributed by atoms with Gasteiger partial charge < -0.3 is 9.84 Å². The first-order valence-corrected chi connectivity index (χ1v) is 14.5. The molecule has 0 radical (unpaired) electrons. The predicted octanol–water partition coefficient (Wildman–Crippen LogP) is 9.39. The van der Waals surface area contributed by atoms with Crippen LogP contribution in [0.5, 0.6) is 0 Å². The van der Waals surface area contributed by atoms with Gasteiger partial charge in [-0.3, -0.25) is 9.59 Å². The molecule has 33 heavy (non-hydrogen) atoms. The largest absolute Gasteiger partial charge is 0.481 e. The highest BCUT2D eigenvalue weighted by atomic mass is 16.5. The molecule has 0 fully saturated rings. The molecule has 1 unspecified atom stereocenters. The molecule has 4 heteroatoms. The molecule has 0 rings (SSSR count). The van der Waals surface area contributed by atoms with E-state index in [-0.39, 0.29) is 18.5 Å². The van der Waals surface area contributed by atoms with E-state index >= 15 is 0 Å². The highest BCUT2D eigenvalue weighted by Gasteiger charge is 2.14. The van der Waals surface area contributed by atoms with Crippen LogP contribution >= 0.6 is 0 Å². The van der Waals surface area contributed by atoms with Gasteiger partial charge in [0, 0.05) is 12.8 Å². The Hall–Kier alpha value is -1.06. The summed E-state index contributed by atoms with van der Waals surface area (Å²) in [7, 11) is 0. The van der Waals surface area contributed by atoms with Crippen LogP contribution < -0.4 is 0 Å². The number of carbonyl (C=O) groups is 2. The van der Waals surface area contributed by atoms with Gasteiger partial charge in [-0.25, -0.2) is 0 Å². The van der Waals surface area contributed by atoms with Crippen LogP contribution in [-0.4, -0.2) is 23.1 Å². The third-order valence-corrected chi connectivity index (χ3v) is 6.58. The molecular weight excluding hydrogens is 412 g/mol. The lowest BCUT2D eigenvalue weighted by Crippen LogP contribution is -2.18. The van der Waals surface area contributed by atoms with Gasteiger partial charge in [0.2, 0.25) is 0 Å². The lowest BCUT2D eigenvalue weighted by Gasteiger charge is -2.17. The molecular formula is C29H56O4. The van der Waals surface area contributed by atoms with Crippen LogP contribution in [0.1, 0.15) is 168 Å². The summed E-state index contributed by atoms with van der Waals surface area (Å²) in [6, 6.07) is 0. The van der Waals surface area contributed by atoms with E-state index in [0.717, 1.165) is 32.1 Å². The van der Waals surface area contributed by atoms with Crippen LogP contribution in [-0.2, 0) is 14.3 Å². The summed E-state index contributed by atoms with van der Waals surface area (Å²) >= 11 is 0. The van der Waals surface area contributed by atoms with Crippen LogP contribution in [0.3, 0.4) is 0 Å². The molecule has 0 aliphatic carbocycles. The maximum atomic E-state index is 12.1. The van der Waals surface area contributed by atoms with E-state index in [2.05, 4.69) is 13.8 Å². The number of aliphatic carboxylic acids is 1. The van der Waals surface area contributed by atoms with Gasteiger partial charge in [0.05, 0.1) is 0 Å². The van der Waals surface area contributed by atoms with Crippen LogP contribution in [0.15, 0.2) is 0 Å². The lowest BCUT2D eigenvalue weighted by atomic mass is 10.0. The zero-order chi connectivity index (χ0) is 24.4. The monoisotopic (exact) mass is 468 g/mol. The summed E-state index contributed by atoms with van der Waals surface area (Å²) in [5, 5.41) is 8.79. The van der Waals surface area contributed by atoms with Gasteiger partial charge in [-0.2, -0.15) is 0 Å². The first-order chi connectivity index (χ1) is 16.1. The van der Waals surface area contributed by atoms with Crippen LogP contribution in [0.25, 0.3) is 0 Å². The Morgan fingerprint density at radius 1 is 0.545 bits per heavy atom. The lowest BCUT2D eigenvalue weighted by molar-refractivity contribution is -0.150. The number of hydrogen-bond acceptors (Lipinski definition) is 3. The van der Waals surface area contributed by atoms with Gasteiger partial charge in [0.15, 0.2) is 0 Å². The van der Waals surface area contributed by atoms with Gasteiger partial charge in [0.25, 0.3) is 0 Å². The molecule has 0 saturated heterocycles. The minimum absolute atomic E-state index is 0.104. The Morgan fingerprint density at radius 3 is 1.36 bits per heavy atom. The summed E-state index contributed by atoms with van der Waals surface area (Å²) in [4.78, 5) is 22.8. The minimum Gasteiger partial charge on any atom is -0.481 e. The Labute approximate surface area is 205 Å². The summed E-state index contributed by atoms with van der Waals surface area (Å²) in [6.07, 6.45) is 27.4. The van der Waals surface area contributed by atoms with Crippen molar-refractivity contribution < 1.29 is 19.4 Å². The molecule has 196 valence electrons. The van der Waals surface area contributed by atoms with E-state index in [0.29, 0.717) is 19.3 Å². The van der Waals surface area contributed by atoms with E-state index in [9.17, 15) is 9.59 Å². The van der Waals surface area contributed by atoms with Crippen molar-refractivity contribution in [3.05, 3.63) is 0 Å². The van der Waals surface area contributed by atoms with E-state index in [1.165, 1.54) is 96.3 Å². The third-order valence-electron chi connectivity index (χ3n) is 6.58. The Balaban J connectivity index is 3.48. The second kappa shape index (κ2) is 25.6. The normalized spacial score (nSPS) is 12.1. The Kier molecular flexibility index (Phi) is 24.7. The second-order valence-corrected chi connectivity index (χ2v) is 9.95. The van der Waals surface area contributed by atoms with Crippen LogP contribution in [0.4, 0.5) is 0 Å². The maximum Gasteiger partial charge on any atom is 0.306 e. The quantitative estimate of drug-likeness (QED) is 0.101. The number of carbonyl (C=O) groups excluding carboxylic acids is 1. The zero-order valence-electron chi connectivity index (χ0n) is 22.2. The molecule has 0 aromatic heterocycles.